The molecule has 8 atom stereocenters. The number of thioether (sulfide) groups is 1. The van der Waals surface area contributed by atoms with Crippen LogP contribution < -0.4 is 0 Å². The fourth-order valence-corrected chi connectivity index (χ4v) is 9.46. The molecule has 3 fully saturated rings. The molecule has 2 bridgehead atoms. The van der Waals surface area contributed by atoms with Crippen LogP contribution in [-0.2, 0) is 19.1 Å². The number of nitrogens with zero attached hydrogens (tertiary/aromatic N) is 2. The summed E-state index contributed by atoms with van der Waals surface area (Å²) in [6.45, 7) is 18.4. The normalized spacial score (nSPS) is 31.3. The molecule has 4 unspecified atom stereocenters. The zero-order valence-corrected chi connectivity index (χ0v) is 24.8. The number of ether oxygens (including phenoxy) is 1. The zero-order chi connectivity index (χ0) is 28.2. The number of aliphatic hydroxyl groups is 1. The fraction of sp³-hybridized carbons (Fsp3) is 0.767. The van der Waals surface area contributed by atoms with Crippen LogP contribution in [0.15, 0.2) is 25.3 Å². The second kappa shape index (κ2) is 13.0. The van der Waals surface area contributed by atoms with E-state index < -0.39 is 28.7 Å². The molecule has 1 spiro atoms. The molecule has 214 valence electrons. The van der Waals surface area contributed by atoms with Gasteiger partial charge >= 0.3 is 5.97 Å². The predicted octanol–water partition coefficient (Wildman–Crippen LogP) is 4.44. The van der Waals surface area contributed by atoms with E-state index in [0.717, 1.165) is 25.7 Å². The van der Waals surface area contributed by atoms with Crippen molar-refractivity contribution < 1.29 is 24.2 Å². The molecule has 3 aliphatic heterocycles. The molecule has 3 heterocycles. The summed E-state index contributed by atoms with van der Waals surface area (Å²) in [5, 5.41) is 10.4. The molecule has 38 heavy (non-hydrogen) atoms. The Labute approximate surface area is 233 Å². The highest BCUT2D eigenvalue weighted by molar-refractivity contribution is 8.02. The molecule has 0 aromatic heterocycles. The Kier molecular flexibility index (Phi) is 10.5. The van der Waals surface area contributed by atoms with Gasteiger partial charge in [0.15, 0.2) is 0 Å². The van der Waals surface area contributed by atoms with E-state index in [9.17, 15) is 19.5 Å². The van der Waals surface area contributed by atoms with Gasteiger partial charge in [0.05, 0.1) is 35.8 Å². The number of aliphatic hydroxyl groups excluding tert-OH is 1. The van der Waals surface area contributed by atoms with Gasteiger partial charge in [0.1, 0.15) is 6.04 Å². The lowest BCUT2D eigenvalue weighted by atomic mass is 9.66. The predicted molar refractivity (Wildman–Crippen MR) is 153 cm³/mol. The van der Waals surface area contributed by atoms with Gasteiger partial charge < -0.3 is 19.6 Å². The first kappa shape index (κ1) is 30.7. The number of fused-ring (bicyclic) bond motifs is 1. The Bertz CT molecular complexity index is 894. The number of esters is 1. The summed E-state index contributed by atoms with van der Waals surface area (Å²) in [6, 6.07) is -1.24. The number of likely N-dealkylation sites (tertiary alicyclic amines) is 1. The number of carbonyl (C=O) groups excluding carboxylic acids is 3. The molecule has 3 saturated heterocycles. The van der Waals surface area contributed by atoms with Crippen LogP contribution in [-0.4, -0.2) is 80.6 Å². The number of carbonyl (C=O) groups is 3. The van der Waals surface area contributed by atoms with E-state index in [4.69, 9.17) is 4.74 Å². The molecule has 0 saturated carbocycles. The lowest BCUT2D eigenvalue weighted by Gasteiger charge is -2.43. The molecule has 0 aliphatic carbocycles. The topological polar surface area (TPSA) is 87.2 Å². The van der Waals surface area contributed by atoms with Gasteiger partial charge in [0.25, 0.3) is 0 Å². The summed E-state index contributed by atoms with van der Waals surface area (Å²) in [6.07, 6.45) is 8.11. The van der Waals surface area contributed by atoms with E-state index in [2.05, 4.69) is 40.9 Å². The van der Waals surface area contributed by atoms with Gasteiger partial charge in [-0.3, -0.25) is 14.4 Å². The van der Waals surface area contributed by atoms with Crippen LogP contribution >= 0.6 is 11.8 Å². The summed E-state index contributed by atoms with van der Waals surface area (Å²) in [4.78, 5) is 45.9. The first-order valence-corrected chi connectivity index (χ1v) is 15.3. The molecule has 0 aromatic carbocycles. The quantitative estimate of drug-likeness (QED) is 0.185. The fourth-order valence-electron chi connectivity index (χ4n) is 7.07. The largest absolute Gasteiger partial charge is 0.465 e. The Hall–Kier alpha value is -1.80. The van der Waals surface area contributed by atoms with Crippen molar-refractivity contribution in [3.63, 3.8) is 0 Å². The summed E-state index contributed by atoms with van der Waals surface area (Å²) >= 11 is 1.65. The lowest BCUT2D eigenvalue weighted by Crippen LogP contribution is -2.60. The molecular weight excluding hydrogens is 500 g/mol. The van der Waals surface area contributed by atoms with Crippen molar-refractivity contribution in [1.82, 2.24) is 9.80 Å². The number of hydrogen-bond acceptors (Lipinski definition) is 6. The Morgan fingerprint density at radius 2 is 2.00 bits per heavy atom. The first-order valence-electron chi connectivity index (χ1n) is 14.4. The molecule has 7 nitrogen and oxygen atoms in total. The molecule has 1 N–H and O–H groups in total. The number of allylic oxidation sites excluding steroid dienone is 1. The Morgan fingerprint density at radius 3 is 2.58 bits per heavy atom. The van der Waals surface area contributed by atoms with Crippen molar-refractivity contribution >= 4 is 29.5 Å². The molecule has 3 aliphatic rings. The highest BCUT2D eigenvalue weighted by Gasteiger charge is 2.77. The van der Waals surface area contributed by atoms with Gasteiger partial charge in [-0.05, 0) is 50.9 Å². The van der Waals surface area contributed by atoms with Gasteiger partial charge in [0, 0.05) is 17.8 Å². The Morgan fingerprint density at radius 1 is 1.29 bits per heavy atom. The summed E-state index contributed by atoms with van der Waals surface area (Å²) in [5.74, 6) is -1.52. The number of rotatable bonds is 15. The van der Waals surface area contributed by atoms with E-state index in [0.29, 0.717) is 26.0 Å². The maximum absolute atomic E-state index is 14.6. The molecular formula is C30H48N2O5S. The number of amides is 2. The SMILES string of the molecule is C=CCCCOC(=O)[C@@H]1[C@@H]2CC(C)C3(S2)C(C(=O)N(CC=C)C(C)CCC)N([C@@H](CO)CC(C)C)C(=O)[C@H]13. The van der Waals surface area contributed by atoms with Crippen molar-refractivity contribution in [1.29, 1.82) is 0 Å². The van der Waals surface area contributed by atoms with E-state index in [1.165, 1.54) is 0 Å². The second-order valence-corrected chi connectivity index (χ2v) is 13.3. The smallest absolute Gasteiger partial charge is 0.310 e. The van der Waals surface area contributed by atoms with Crippen LogP contribution in [0.4, 0.5) is 0 Å². The average Bonchev–Trinajstić information content (AvgIpc) is 3.47. The van der Waals surface area contributed by atoms with Gasteiger partial charge in [-0.25, -0.2) is 0 Å². The minimum Gasteiger partial charge on any atom is -0.465 e. The summed E-state index contributed by atoms with van der Waals surface area (Å²) in [7, 11) is 0. The molecule has 3 rings (SSSR count). The minimum atomic E-state index is -0.737. The molecule has 2 amide bonds. The van der Waals surface area contributed by atoms with Gasteiger partial charge in [0.2, 0.25) is 11.8 Å². The van der Waals surface area contributed by atoms with E-state index in [-0.39, 0.29) is 47.5 Å². The maximum Gasteiger partial charge on any atom is 0.310 e. The standard InChI is InChI=1S/C30H48N2O5S/c1-8-11-12-15-37-29(36)24-23-17-20(6)30(38-23)25(24)27(34)32(22(18-33)16-19(4)5)26(30)28(35)31(14-10-3)21(7)13-9-2/h8,10,19-26,33H,1,3,9,11-18H2,2,4-7H3/t20?,21?,22-,23+,24-,25+,26?,30?/m1/s1. The van der Waals surface area contributed by atoms with Crippen LogP contribution in [0.1, 0.15) is 73.1 Å². The highest BCUT2D eigenvalue weighted by Crippen LogP contribution is 2.69. The van der Waals surface area contributed by atoms with Crippen LogP contribution in [0.25, 0.3) is 0 Å². The Balaban J connectivity index is 2.07. The van der Waals surface area contributed by atoms with Gasteiger partial charge in [-0.1, -0.05) is 46.3 Å². The third-order valence-corrected chi connectivity index (χ3v) is 10.8. The van der Waals surface area contributed by atoms with Crippen molar-refractivity contribution in [2.75, 3.05) is 19.8 Å². The lowest BCUT2D eigenvalue weighted by molar-refractivity contribution is -0.155. The summed E-state index contributed by atoms with van der Waals surface area (Å²) < 4.78 is 4.96. The zero-order valence-electron chi connectivity index (χ0n) is 23.9. The van der Waals surface area contributed by atoms with Crippen molar-refractivity contribution in [3.8, 4) is 0 Å². The summed E-state index contributed by atoms with van der Waals surface area (Å²) in [5.41, 5.74) is 0. The van der Waals surface area contributed by atoms with Crippen molar-refractivity contribution in [2.24, 2.45) is 23.7 Å². The third kappa shape index (κ3) is 5.45. The van der Waals surface area contributed by atoms with E-state index >= 15 is 0 Å². The van der Waals surface area contributed by atoms with Gasteiger partial charge in [-0.2, -0.15) is 0 Å². The van der Waals surface area contributed by atoms with Crippen LogP contribution in [0, 0.1) is 23.7 Å². The number of hydrogen-bond donors (Lipinski definition) is 1. The minimum absolute atomic E-state index is 0.0138. The third-order valence-electron chi connectivity index (χ3n) is 8.68. The maximum atomic E-state index is 14.6. The number of unbranched alkanes of at least 4 members (excludes halogenated alkanes) is 1. The van der Waals surface area contributed by atoms with E-state index in [1.54, 1.807) is 28.8 Å². The van der Waals surface area contributed by atoms with Crippen LogP contribution in [0.5, 0.6) is 0 Å². The van der Waals surface area contributed by atoms with E-state index in [1.807, 2.05) is 11.8 Å². The first-order chi connectivity index (χ1) is 18.1. The molecule has 0 aromatic rings. The monoisotopic (exact) mass is 548 g/mol. The van der Waals surface area contributed by atoms with Crippen LogP contribution in [0.2, 0.25) is 0 Å². The van der Waals surface area contributed by atoms with Crippen molar-refractivity contribution in [3.05, 3.63) is 25.3 Å². The molecule has 8 heteroatoms. The average molecular weight is 549 g/mol. The highest BCUT2D eigenvalue weighted by atomic mass is 32.2. The van der Waals surface area contributed by atoms with Crippen LogP contribution in [0.3, 0.4) is 0 Å². The van der Waals surface area contributed by atoms with Crippen molar-refractivity contribution in [2.45, 2.75) is 101 Å². The second-order valence-electron chi connectivity index (χ2n) is 11.8. The van der Waals surface area contributed by atoms with Gasteiger partial charge in [-0.15, -0.1) is 24.9 Å². The molecule has 0 radical (unpaired) electrons.